The Balaban J connectivity index is 2.08. The number of aldehydes is 1. The molecular weight excluding hydrogens is 228 g/mol. The molecule has 92 valence electrons. The topological polar surface area (TPSA) is 35.5 Å². The molecule has 3 nitrogen and oxygen atoms in total. The van der Waals surface area contributed by atoms with Crippen molar-refractivity contribution in [2.24, 2.45) is 0 Å². The SMILES string of the molecule is COc1ccccc1OCc1cccc(C=O)c1. The highest BCUT2D eigenvalue weighted by molar-refractivity contribution is 5.74. The highest BCUT2D eigenvalue weighted by Gasteiger charge is 2.03. The molecule has 0 atom stereocenters. The molecule has 0 N–H and O–H groups in total. The van der Waals surface area contributed by atoms with Crippen LogP contribution in [0, 0.1) is 0 Å². The highest BCUT2D eigenvalue weighted by atomic mass is 16.5. The van der Waals surface area contributed by atoms with E-state index < -0.39 is 0 Å². The standard InChI is InChI=1S/C15H14O3/c1-17-14-7-2-3-8-15(14)18-11-13-6-4-5-12(9-13)10-16/h2-10H,11H2,1H3. The van der Waals surface area contributed by atoms with Crippen molar-refractivity contribution in [1.82, 2.24) is 0 Å². The molecule has 0 bridgehead atoms. The fraction of sp³-hybridized carbons (Fsp3) is 0.133. The molecule has 2 aromatic rings. The minimum absolute atomic E-state index is 0.405. The molecule has 0 saturated carbocycles. The summed E-state index contributed by atoms with van der Waals surface area (Å²) in [6, 6.07) is 14.8. The largest absolute Gasteiger partial charge is 0.493 e. The zero-order valence-electron chi connectivity index (χ0n) is 10.1. The van der Waals surface area contributed by atoms with Crippen molar-refractivity contribution in [2.45, 2.75) is 6.61 Å². The first-order valence-corrected chi connectivity index (χ1v) is 5.63. The van der Waals surface area contributed by atoms with Gasteiger partial charge in [0, 0.05) is 5.56 Å². The lowest BCUT2D eigenvalue weighted by molar-refractivity contribution is 0.112. The Bertz CT molecular complexity index is 535. The average molecular weight is 242 g/mol. The van der Waals surface area contributed by atoms with E-state index in [-0.39, 0.29) is 0 Å². The average Bonchev–Trinajstić information content (AvgIpc) is 2.45. The van der Waals surface area contributed by atoms with Gasteiger partial charge in [-0.15, -0.1) is 0 Å². The molecule has 0 spiro atoms. The van der Waals surface area contributed by atoms with E-state index >= 15 is 0 Å². The summed E-state index contributed by atoms with van der Waals surface area (Å²) in [7, 11) is 1.61. The summed E-state index contributed by atoms with van der Waals surface area (Å²) < 4.78 is 10.9. The predicted molar refractivity (Wildman–Crippen MR) is 69.2 cm³/mol. The summed E-state index contributed by atoms with van der Waals surface area (Å²) in [5, 5.41) is 0. The third-order valence-corrected chi connectivity index (χ3v) is 2.55. The van der Waals surface area contributed by atoms with Crippen molar-refractivity contribution in [1.29, 1.82) is 0 Å². The summed E-state index contributed by atoms with van der Waals surface area (Å²) in [5.74, 6) is 1.39. The predicted octanol–water partition coefficient (Wildman–Crippen LogP) is 3.09. The van der Waals surface area contributed by atoms with Gasteiger partial charge in [-0.2, -0.15) is 0 Å². The Morgan fingerprint density at radius 1 is 1.06 bits per heavy atom. The normalized spacial score (nSPS) is 9.83. The summed E-state index contributed by atoms with van der Waals surface area (Å²) in [6.45, 7) is 0.405. The van der Waals surface area contributed by atoms with Gasteiger partial charge in [-0.25, -0.2) is 0 Å². The molecule has 3 heteroatoms. The van der Waals surface area contributed by atoms with Gasteiger partial charge in [-0.05, 0) is 23.8 Å². The van der Waals surface area contributed by atoms with Crippen LogP contribution in [0.1, 0.15) is 15.9 Å². The van der Waals surface area contributed by atoms with Crippen LogP contribution in [0.5, 0.6) is 11.5 Å². The van der Waals surface area contributed by atoms with E-state index in [1.165, 1.54) is 0 Å². The molecule has 2 aromatic carbocycles. The van der Waals surface area contributed by atoms with Crippen molar-refractivity contribution in [3.63, 3.8) is 0 Å². The van der Waals surface area contributed by atoms with Crippen LogP contribution in [0.2, 0.25) is 0 Å². The Morgan fingerprint density at radius 3 is 2.56 bits per heavy atom. The molecule has 0 unspecified atom stereocenters. The summed E-state index contributed by atoms with van der Waals surface area (Å²) in [5.41, 5.74) is 1.60. The van der Waals surface area contributed by atoms with Crippen LogP contribution in [-0.2, 0) is 6.61 Å². The Kier molecular flexibility index (Phi) is 3.97. The smallest absolute Gasteiger partial charge is 0.161 e. The number of rotatable bonds is 5. The molecule has 0 fully saturated rings. The quantitative estimate of drug-likeness (QED) is 0.756. The van der Waals surface area contributed by atoms with E-state index in [0.29, 0.717) is 23.7 Å². The number of benzene rings is 2. The maximum atomic E-state index is 10.7. The van der Waals surface area contributed by atoms with E-state index in [4.69, 9.17) is 9.47 Å². The third-order valence-electron chi connectivity index (χ3n) is 2.55. The maximum Gasteiger partial charge on any atom is 0.161 e. The number of ether oxygens (including phenoxy) is 2. The van der Waals surface area contributed by atoms with Gasteiger partial charge in [0.05, 0.1) is 7.11 Å². The van der Waals surface area contributed by atoms with Gasteiger partial charge >= 0.3 is 0 Å². The number of hydrogen-bond donors (Lipinski definition) is 0. The molecule has 0 aromatic heterocycles. The zero-order valence-corrected chi connectivity index (χ0v) is 10.1. The van der Waals surface area contributed by atoms with Crippen molar-refractivity contribution >= 4 is 6.29 Å². The minimum atomic E-state index is 0.405. The molecule has 0 aliphatic rings. The van der Waals surface area contributed by atoms with Crippen LogP contribution >= 0.6 is 0 Å². The van der Waals surface area contributed by atoms with Gasteiger partial charge in [0.25, 0.3) is 0 Å². The van der Waals surface area contributed by atoms with E-state index in [9.17, 15) is 4.79 Å². The van der Waals surface area contributed by atoms with Gasteiger partial charge in [0.1, 0.15) is 12.9 Å². The van der Waals surface area contributed by atoms with Crippen LogP contribution in [0.4, 0.5) is 0 Å². The molecule has 0 aliphatic carbocycles. The van der Waals surface area contributed by atoms with Gasteiger partial charge in [-0.1, -0.05) is 30.3 Å². The number of methoxy groups -OCH3 is 1. The number of carbonyl (C=O) groups is 1. The molecule has 0 amide bonds. The van der Waals surface area contributed by atoms with Gasteiger partial charge in [-0.3, -0.25) is 4.79 Å². The molecule has 18 heavy (non-hydrogen) atoms. The van der Waals surface area contributed by atoms with E-state index in [0.717, 1.165) is 11.8 Å². The van der Waals surface area contributed by atoms with Crippen molar-refractivity contribution in [2.75, 3.05) is 7.11 Å². The Labute approximate surface area is 106 Å². The van der Waals surface area contributed by atoms with Crippen LogP contribution in [-0.4, -0.2) is 13.4 Å². The Hall–Kier alpha value is -2.29. The number of para-hydroxylation sites is 2. The van der Waals surface area contributed by atoms with Crippen LogP contribution in [0.15, 0.2) is 48.5 Å². The Morgan fingerprint density at radius 2 is 1.83 bits per heavy atom. The monoisotopic (exact) mass is 242 g/mol. The number of carbonyl (C=O) groups excluding carboxylic acids is 1. The second kappa shape index (κ2) is 5.87. The summed E-state index contributed by atoms with van der Waals surface area (Å²) in [6.07, 6.45) is 0.826. The molecular formula is C15H14O3. The fourth-order valence-corrected chi connectivity index (χ4v) is 1.66. The van der Waals surface area contributed by atoms with Crippen molar-refractivity contribution < 1.29 is 14.3 Å². The third kappa shape index (κ3) is 2.88. The molecule has 0 heterocycles. The first-order chi connectivity index (χ1) is 8.83. The minimum Gasteiger partial charge on any atom is -0.493 e. The van der Waals surface area contributed by atoms with E-state index in [1.54, 1.807) is 13.2 Å². The molecule has 0 aliphatic heterocycles. The molecule has 2 rings (SSSR count). The first kappa shape index (κ1) is 12.2. The first-order valence-electron chi connectivity index (χ1n) is 5.63. The van der Waals surface area contributed by atoms with Crippen LogP contribution < -0.4 is 9.47 Å². The van der Waals surface area contributed by atoms with Crippen molar-refractivity contribution in [3.05, 3.63) is 59.7 Å². The van der Waals surface area contributed by atoms with E-state index in [1.807, 2.05) is 42.5 Å². The van der Waals surface area contributed by atoms with Gasteiger partial charge < -0.3 is 9.47 Å². The number of hydrogen-bond acceptors (Lipinski definition) is 3. The molecule has 0 radical (unpaired) electrons. The van der Waals surface area contributed by atoms with E-state index in [2.05, 4.69) is 0 Å². The molecule has 0 saturated heterocycles. The second-order valence-corrected chi connectivity index (χ2v) is 3.80. The zero-order chi connectivity index (χ0) is 12.8. The lowest BCUT2D eigenvalue weighted by Crippen LogP contribution is -1.98. The second-order valence-electron chi connectivity index (χ2n) is 3.80. The van der Waals surface area contributed by atoms with Gasteiger partial charge in [0.15, 0.2) is 11.5 Å². The van der Waals surface area contributed by atoms with Crippen molar-refractivity contribution in [3.8, 4) is 11.5 Å². The maximum absolute atomic E-state index is 10.7. The summed E-state index contributed by atoms with van der Waals surface area (Å²) in [4.78, 5) is 10.7. The highest BCUT2D eigenvalue weighted by Crippen LogP contribution is 2.26. The summed E-state index contributed by atoms with van der Waals surface area (Å²) >= 11 is 0. The van der Waals surface area contributed by atoms with Gasteiger partial charge in [0.2, 0.25) is 0 Å². The lowest BCUT2D eigenvalue weighted by Gasteiger charge is -2.10. The van der Waals surface area contributed by atoms with Crippen LogP contribution in [0.3, 0.4) is 0 Å². The fourth-order valence-electron chi connectivity index (χ4n) is 1.66. The van der Waals surface area contributed by atoms with Crippen LogP contribution in [0.25, 0.3) is 0 Å². The lowest BCUT2D eigenvalue weighted by atomic mass is 10.1.